The quantitative estimate of drug-likeness (QED) is 0.774. The molecule has 0 fully saturated rings. The maximum atomic E-state index is 5.28. The Labute approximate surface area is 106 Å². The highest BCUT2D eigenvalue weighted by atomic mass is 16.6. The van der Waals surface area contributed by atoms with E-state index in [9.17, 15) is 0 Å². The van der Waals surface area contributed by atoms with Gasteiger partial charge in [0.25, 0.3) is 0 Å². The molecule has 0 aliphatic heterocycles. The molecule has 0 unspecified atom stereocenters. The average molecular weight is 258 g/mol. The van der Waals surface area contributed by atoms with E-state index < -0.39 is 0 Å². The van der Waals surface area contributed by atoms with Crippen molar-refractivity contribution >= 4 is 0 Å². The van der Waals surface area contributed by atoms with E-state index >= 15 is 0 Å². The largest absolute Gasteiger partial charge is 0.490 e. The number of hydrogen-bond acceptors (Lipinski definition) is 6. The molecule has 0 aliphatic rings. The Hall–Kier alpha value is -1.98. The van der Waals surface area contributed by atoms with Crippen LogP contribution in [0.4, 0.5) is 0 Å². The van der Waals surface area contributed by atoms with Crippen molar-refractivity contribution in [1.82, 2.24) is 0 Å². The highest BCUT2D eigenvalue weighted by Gasteiger charge is 2.29. The lowest BCUT2D eigenvalue weighted by Gasteiger charge is -2.20. The Morgan fingerprint density at radius 1 is 0.333 bits per heavy atom. The topological polar surface area (TPSA) is 55.4 Å². The van der Waals surface area contributed by atoms with Gasteiger partial charge in [0.1, 0.15) is 0 Å². The lowest BCUT2D eigenvalue weighted by molar-refractivity contribution is 0.268. The van der Waals surface area contributed by atoms with Crippen molar-refractivity contribution < 1.29 is 28.4 Å². The first-order valence-corrected chi connectivity index (χ1v) is 5.17. The minimum Gasteiger partial charge on any atom is -0.490 e. The fourth-order valence-corrected chi connectivity index (χ4v) is 1.73. The van der Waals surface area contributed by atoms with Gasteiger partial charge in [0.2, 0.25) is 34.5 Å². The van der Waals surface area contributed by atoms with Gasteiger partial charge in [0.15, 0.2) is 0 Å². The van der Waals surface area contributed by atoms with E-state index in [1.807, 2.05) is 0 Å². The van der Waals surface area contributed by atoms with E-state index in [0.29, 0.717) is 34.5 Å². The summed E-state index contributed by atoms with van der Waals surface area (Å²) in [4.78, 5) is 0. The molecular weight excluding hydrogens is 240 g/mol. The molecule has 0 spiro atoms. The average Bonchev–Trinajstić information content (AvgIpc) is 2.43. The van der Waals surface area contributed by atoms with Crippen molar-refractivity contribution in [2.24, 2.45) is 0 Å². The Morgan fingerprint density at radius 2 is 0.444 bits per heavy atom. The van der Waals surface area contributed by atoms with Crippen LogP contribution in [-0.2, 0) is 0 Å². The Balaban J connectivity index is 3.71. The highest BCUT2D eigenvalue weighted by Crippen LogP contribution is 2.57. The van der Waals surface area contributed by atoms with Crippen LogP contribution >= 0.6 is 0 Å². The van der Waals surface area contributed by atoms with Crippen LogP contribution in [0.25, 0.3) is 0 Å². The summed E-state index contributed by atoms with van der Waals surface area (Å²) in [6, 6.07) is 0. The number of hydrogen-bond donors (Lipinski definition) is 0. The van der Waals surface area contributed by atoms with Crippen molar-refractivity contribution in [1.29, 1.82) is 0 Å². The maximum Gasteiger partial charge on any atom is 0.211 e. The zero-order chi connectivity index (χ0) is 13.7. The third kappa shape index (κ3) is 2.05. The molecule has 0 aliphatic carbocycles. The first kappa shape index (κ1) is 14.1. The van der Waals surface area contributed by atoms with Crippen LogP contribution in [-0.4, -0.2) is 42.7 Å². The van der Waals surface area contributed by atoms with Crippen LogP contribution in [0, 0.1) is 0 Å². The first-order valence-electron chi connectivity index (χ1n) is 5.17. The van der Waals surface area contributed by atoms with E-state index in [-0.39, 0.29) is 0 Å². The molecule has 0 atom stereocenters. The van der Waals surface area contributed by atoms with Crippen molar-refractivity contribution in [3.63, 3.8) is 0 Å². The fourth-order valence-electron chi connectivity index (χ4n) is 1.73. The van der Waals surface area contributed by atoms with E-state index in [1.165, 1.54) is 42.7 Å². The molecule has 0 saturated carbocycles. The van der Waals surface area contributed by atoms with Gasteiger partial charge in [-0.25, -0.2) is 0 Å². The molecule has 0 bridgehead atoms. The van der Waals surface area contributed by atoms with Crippen LogP contribution in [0.3, 0.4) is 0 Å². The van der Waals surface area contributed by atoms with Crippen molar-refractivity contribution in [2.75, 3.05) is 42.7 Å². The van der Waals surface area contributed by atoms with Gasteiger partial charge in [-0.15, -0.1) is 0 Å². The molecule has 0 saturated heterocycles. The Morgan fingerprint density at radius 3 is 0.500 bits per heavy atom. The maximum absolute atomic E-state index is 5.28. The molecule has 1 rings (SSSR count). The van der Waals surface area contributed by atoms with Crippen molar-refractivity contribution in [2.45, 2.75) is 0 Å². The third-order valence-electron chi connectivity index (χ3n) is 2.46. The molecule has 1 aromatic carbocycles. The summed E-state index contributed by atoms with van der Waals surface area (Å²) < 4.78 is 31.7. The molecule has 18 heavy (non-hydrogen) atoms. The fraction of sp³-hybridized carbons (Fsp3) is 0.500. The second kappa shape index (κ2) is 6.09. The molecule has 0 aromatic heterocycles. The first-order chi connectivity index (χ1) is 8.69. The number of methoxy groups -OCH3 is 6. The highest BCUT2D eigenvalue weighted by molar-refractivity contribution is 5.73. The molecule has 6 nitrogen and oxygen atoms in total. The number of rotatable bonds is 6. The van der Waals surface area contributed by atoms with Gasteiger partial charge in [-0.05, 0) is 0 Å². The molecule has 0 amide bonds. The van der Waals surface area contributed by atoms with Gasteiger partial charge in [-0.2, -0.15) is 0 Å². The summed E-state index contributed by atoms with van der Waals surface area (Å²) in [5.41, 5.74) is 0. The normalized spacial score (nSPS) is 9.67. The second-order valence-corrected chi connectivity index (χ2v) is 3.20. The predicted octanol–water partition coefficient (Wildman–Crippen LogP) is 1.74. The summed E-state index contributed by atoms with van der Waals surface area (Å²) in [7, 11) is 9.03. The Kier molecular flexibility index (Phi) is 4.76. The lowest BCUT2D eigenvalue weighted by atomic mass is 10.2. The summed E-state index contributed by atoms with van der Waals surface area (Å²) in [5.74, 6) is 2.30. The molecular formula is C12H18O6. The van der Waals surface area contributed by atoms with E-state index in [2.05, 4.69) is 0 Å². The minimum absolute atomic E-state index is 0.384. The molecule has 1 aromatic rings. The lowest BCUT2D eigenvalue weighted by Crippen LogP contribution is -2.03. The standard InChI is InChI=1S/C12H18O6/c1-13-7-8(14-2)10(16-4)12(18-6)11(17-5)9(7)15-3/h1-6H3. The SMILES string of the molecule is COc1c(OC)c(OC)c(OC)c(OC)c1OC. The van der Waals surface area contributed by atoms with Crippen LogP contribution < -0.4 is 28.4 Å². The molecule has 0 heterocycles. The summed E-state index contributed by atoms with van der Waals surface area (Å²) >= 11 is 0. The number of ether oxygens (including phenoxy) is 6. The van der Waals surface area contributed by atoms with Crippen LogP contribution in [0.2, 0.25) is 0 Å². The summed E-state index contributed by atoms with van der Waals surface area (Å²) in [5, 5.41) is 0. The number of benzene rings is 1. The van der Waals surface area contributed by atoms with E-state index in [1.54, 1.807) is 0 Å². The molecule has 6 heteroatoms. The van der Waals surface area contributed by atoms with Crippen LogP contribution in [0.1, 0.15) is 0 Å². The zero-order valence-corrected chi connectivity index (χ0v) is 11.4. The van der Waals surface area contributed by atoms with Gasteiger partial charge in [-0.3, -0.25) is 0 Å². The van der Waals surface area contributed by atoms with Crippen LogP contribution in [0.5, 0.6) is 34.5 Å². The van der Waals surface area contributed by atoms with Gasteiger partial charge in [-0.1, -0.05) is 0 Å². The van der Waals surface area contributed by atoms with E-state index in [0.717, 1.165) is 0 Å². The van der Waals surface area contributed by atoms with Crippen molar-refractivity contribution in [3.05, 3.63) is 0 Å². The Bertz CT molecular complexity index is 295. The van der Waals surface area contributed by atoms with Gasteiger partial charge < -0.3 is 28.4 Å². The van der Waals surface area contributed by atoms with Gasteiger partial charge in [0, 0.05) is 0 Å². The molecule has 0 radical (unpaired) electrons. The molecule has 102 valence electrons. The van der Waals surface area contributed by atoms with E-state index in [4.69, 9.17) is 28.4 Å². The van der Waals surface area contributed by atoms with Gasteiger partial charge in [0.05, 0.1) is 42.7 Å². The zero-order valence-electron chi connectivity index (χ0n) is 11.4. The minimum atomic E-state index is 0.384. The van der Waals surface area contributed by atoms with Crippen LogP contribution in [0.15, 0.2) is 0 Å². The smallest absolute Gasteiger partial charge is 0.211 e. The molecule has 0 N–H and O–H groups in total. The van der Waals surface area contributed by atoms with Crippen molar-refractivity contribution in [3.8, 4) is 34.5 Å². The summed E-state index contributed by atoms with van der Waals surface area (Å²) in [6.07, 6.45) is 0. The second-order valence-electron chi connectivity index (χ2n) is 3.20. The third-order valence-corrected chi connectivity index (χ3v) is 2.46. The van der Waals surface area contributed by atoms with Gasteiger partial charge >= 0.3 is 0 Å². The summed E-state index contributed by atoms with van der Waals surface area (Å²) in [6.45, 7) is 0. The predicted molar refractivity (Wildman–Crippen MR) is 65.8 cm³/mol. The monoisotopic (exact) mass is 258 g/mol.